The van der Waals surface area contributed by atoms with Gasteiger partial charge in [0.05, 0.1) is 7.11 Å². The number of nitrogens with one attached hydrogen (secondary N) is 2. The third-order valence-electron chi connectivity index (χ3n) is 5.75. The second-order valence-electron chi connectivity index (χ2n) is 8.06. The fraction of sp³-hybridized carbons (Fsp3) is 0.333. The summed E-state index contributed by atoms with van der Waals surface area (Å²) < 4.78 is 5.37. The average Bonchev–Trinajstić information content (AvgIpc) is 3.14. The summed E-state index contributed by atoms with van der Waals surface area (Å²) in [6, 6.07) is 14.4. The molecule has 6 nitrogen and oxygen atoms in total. The predicted molar refractivity (Wildman–Crippen MR) is 117 cm³/mol. The third kappa shape index (κ3) is 3.77. The highest BCUT2D eigenvalue weighted by atomic mass is 16.5. The molecule has 0 fully saturated rings. The van der Waals surface area contributed by atoms with Gasteiger partial charge in [0.1, 0.15) is 11.8 Å². The number of fused-ring (bicyclic) bond motifs is 3. The first-order valence-electron chi connectivity index (χ1n) is 10.3. The molecule has 0 aliphatic carbocycles. The number of hydrogen-bond donors (Lipinski definition) is 2. The Kier molecular flexibility index (Phi) is 5.48. The molecule has 156 valence electrons. The maximum atomic E-state index is 13.4. The normalized spacial score (nSPS) is 14.5. The van der Waals surface area contributed by atoms with Crippen molar-refractivity contribution in [3.8, 4) is 5.75 Å². The fourth-order valence-electron chi connectivity index (χ4n) is 4.03. The van der Waals surface area contributed by atoms with Crippen LogP contribution in [0, 0.1) is 5.92 Å². The van der Waals surface area contributed by atoms with Gasteiger partial charge in [-0.3, -0.25) is 9.59 Å². The number of ether oxygens (including phenoxy) is 1. The molecular weight excluding hydrogens is 378 g/mol. The van der Waals surface area contributed by atoms with Gasteiger partial charge in [-0.25, -0.2) is 0 Å². The molecule has 2 N–H and O–H groups in total. The van der Waals surface area contributed by atoms with Crippen LogP contribution in [0.25, 0.3) is 10.9 Å². The van der Waals surface area contributed by atoms with Gasteiger partial charge < -0.3 is 19.9 Å². The summed E-state index contributed by atoms with van der Waals surface area (Å²) in [6.45, 7) is 5.06. The topological polar surface area (TPSA) is 74.4 Å². The Labute approximate surface area is 176 Å². The second-order valence-corrected chi connectivity index (χ2v) is 8.06. The highest BCUT2D eigenvalue weighted by Crippen LogP contribution is 2.31. The minimum atomic E-state index is -0.570. The molecule has 0 spiro atoms. The van der Waals surface area contributed by atoms with Crippen molar-refractivity contribution in [3.05, 3.63) is 65.4 Å². The van der Waals surface area contributed by atoms with Crippen molar-refractivity contribution in [2.75, 3.05) is 13.7 Å². The Morgan fingerprint density at radius 2 is 1.90 bits per heavy atom. The van der Waals surface area contributed by atoms with Crippen molar-refractivity contribution in [2.45, 2.75) is 32.9 Å². The Morgan fingerprint density at radius 1 is 1.13 bits per heavy atom. The largest absolute Gasteiger partial charge is 0.497 e. The molecule has 30 heavy (non-hydrogen) atoms. The van der Waals surface area contributed by atoms with Crippen LogP contribution in [-0.4, -0.2) is 41.4 Å². The summed E-state index contributed by atoms with van der Waals surface area (Å²) in [7, 11) is 1.65. The van der Waals surface area contributed by atoms with Crippen LogP contribution in [0.15, 0.2) is 48.5 Å². The number of nitrogens with zero attached hydrogens (tertiary/aromatic N) is 1. The molecular formula is C24H27N3O3. The molecule has 0 saturated carbocycles. The van der Waals surface area contributed by atoms with Gasteiger partial charge >= 0.3 is 0 Å². The molecule has 1 aromatic heterocycles. The first-order chi connectivity index (χ1) is 14.5. The second kappa shape index (κ2) is 8.22. The van der Waals surface area contributed by atoms with Gasteiger partial charge in [0.25, 0.3) is 5.91 Å². The summed E-state index contributed by atoms with van der Waals surface area (Å²) in [5.74, 6) is 0.506. The first kappa shape index (κ1) is 20.0. The number of rotatable bonds is 5. The van der Waals surface area contributed by atoms with Crippen molar-refractivity contribution >= 4 is 22.7 Å². The number of aromatic nitrogens is 1. The molecule has 2 amide bonds. The number of aromatic amines is 1. The standard InChI is InChI=1S/C24H27N3O3/c1-15(2)22(26-23(28)16-7-5-4-6-8-16)24(29)27-12-11-21-19(14-27)18-13-17(30-3)9-10-20(18)25-21/h4-10,13,15,22,25H,11-12,14H2,1-3H3,(H,26,28)/t22-/m1/s1. The Hall–Kier alpha value is -3.28. The summed E-state index contributed by atoms with van der Waals surface area (Å²) in [5.41, 5.74) is 3.89. The lowest BCUT2D eigenvalue weighted by molar-refractivity contribution is -0.135. The molecule has 0 saturated heterocycles. The monoisotopic (exact) mass is 405 g/mol. The van der Waals surface area contributed by atoms with Crippen LogP contribution < -0.4 is 10.1 Å². The van der Waals surface area contributed by atoms with Crippen LogP contribution in [0.4, 0.5) is 0 Å². The maximum absolute atomic E-state index is 13.4. The molecule has 6 heteroatoms. The average molecular weight is 405 g/mol. The maximum Gasteiger partial charge on any atom is 0.251 e. The minimum absolute atomic E-state index is 0.0189. The fourth-order valence-corrected chi connectivity index (χ4v) is 4.03. The van der Waals surface area contributed by atoms with Crippen molar-refractivity contribution < 1.29 is 14.3 Å². The van der Waals surface area contributed by atoms with E-state index in [9.17, 15) is 9.59 Å². The van der Waals surface area contributed by atoms with E-state index in [1.54, 1.807) is 19.2 Å². The highest BCUT2D eigenvalue weighted by molar-refractivity contribution is 5.97. The van der Waals surface area contributed by atoms with Gasteiger partial charge in [-0.1, -0.05) is 32.0 Å². The lowest BCUT2D eigenvalue weighted by Crippen LogP contribution is -2.52. The molecule has 1 aliphatic heterocycles. The minimum Gasteiger partial charge on any atom is -0.497 e. The summed E-state index contributed by atoms with van der Waals surface area (Å²) in [5, 5.41) is 4.02. The Morgan fingerprint density at radius 3 is 2.60 bits per heavy atom. The van der Waals surface area contributed by atoms with Gasteiger partial charge in [0.2, 0.25) is 5.91 Å². The lowest BCUT2D eigenvalue weighted by atomic mass is 9.99. The van der Waals surface area contributed by atoms with Crippen molar-refractivity contribution in [1.82, 2.24) is 15.2 Å². The van der Waals surface area contributed by atoms with Gasteiger partial charge in [-0.05, 0) is 36.2 Å². The van der Waals surface area contributed by atoms with E-state index < -0.39 is 6.04 Å². The molecule has 0 radical (unpaired) electrons. The van der Waals surface area contributed by atoms with Crippen LogP contribution in [0.5, 0.6) is 5.75 Å². The van der Waals surface area contributed by atoms with Crippen molar-refractivity contribution in [2.24, 2.45) is 5.92 Å². The van der Waals surface area contributed by atoms with Crippen LogP contribution >= 0.6 is 0 Å². The Balaban J connectivity index is 1.56. The number of methoxy groups -OCH3 is 1. The van der Waals surface area contributed by atoms with Gasteiger partial charge in [-0.15, -0.1) is 0 Å². The van der Waals surface area contributed by atoms with E-state index in [2.05, 4.69) is 10.3 Å². The van der Waals surface area contributed by atoms with Crippen molar-refractivity contribution in [1.29, 1.82) is 0 Å². The summed E-state index contributed by atoms with van der Waals surface area (Å²) >= 11 is 0. The number of benzene rings is 2. The molecule has 0 unspecified atom stereocenters. The quantitative estimate of drug-likeness (QED) is 0.682. The zero-order chi connectivity index (χ0) is 21.3. The van der Waals surface area contributed by atoms with Crippen LogP contribution in [0.3, 0.4) is 0 Å². The zero-order valence-corrected chi connectivity index (χ0v) is 17.6. The number of carbonyl (C=O) groups excluding carboxylic acids is 2. The van der Waals surface area contributed by atoms with E-state index in [1.807, 2.05) is 55.1 Å². The van der Waals surface area contributed by atoms with Crippen LogP contribution in [0.1, 0.15) is 35.5 Å². The van der Waals surface area contributed by atoms with E-state index in [0.717, 1.165) is 34.3 Å². The van der Waals surface area contributed by atoms with E-state index in [0.29, 0.717) is 18.7 Å². The smallest absolute Gasteiger partial charge is 0.251 e. The summed E-state index contributed by atoms with van der Waals surface area (Å²) in [6.07, 6.45) is 0.759. The van der Waals surface area contributed by atoms with E-state index >= 15 is 0 Å². The molecule has 1 aliphatic rings. The summed E-state index contributed by atoms with van der Waals surface area (Å²) in [4.78, 5) is 31.3. The first-order valence-corrected chi connectivity index (χ1v) is 10.3. The zero-order valence-electron chi connectivity index (χ0n) is 17.6. The number of carbonyl (C=O) groups is 2. The lowest BCUT2D eigenvalue weighted by Gasteiger charge is -2.32. The predicted octanol–water partition coefficient (Wildman–Crippen LogP) is 3.52. The van der Waals surface area contributed by atoms with E-state index in [-0.39, 0.29) is 17.7 Å². The van der Waals surface area contributed by atoms with Crippen LogP contribution in [-0.2, 0) is 17.8 Å². The SMILES string of the molecule is COc1ccc2[nH]c3c(c2c1)CN(C(=O)[C@H](NC(=O)c1ccccc1)C(C)C)CC3. The molecule has 2 aromatic carbocycles. The molecule has 0 bridgehead atoms. The third-order valence-corrected chi connectivity index (χ3v) is 5.75. The van der Waals surface area contributed by atoms with Gasteiger partial charge in [0.15, 0.2) is 0 Å². The molecule has 4 rings (SSSR count). The number of hydrogen-bond acceptors (Lipinski definition) is 3. The van der Waals surface area contributed by atoms with Gasteiger partial charge in [0, 0.05) is 47.2 Å². The Bertz CT molecular complexity index is 1070. The van der Waals surface area contributed by atoms with E-state index in [4.69, 9.17) is 4.74 Å². The van der Waals surface area contributed by atoms with Crippen molar-refractivity contribution in [3.63, 3.8) is 0 Å². The van der Waals surface area contributed by atoms with Gasteiger partial charge in [-0.2, -0.15) is 0 Å². The number of amides is 2. The van der Waals surface area contributed by atoms with E-state index in [1.165, 1.54) is 0 Å². The number of H-pyrrole nitrogens is 1. The highest BCUT2D eigenvalue weighted by Gasteiger charge is 2.32. The molecule has 3 aromatic rings. The van der Waals surface area contributed by atoms with Crippen LogP contribution in [0.2, 0.25) is 0 Å². The molecule has 2 heterocycles. The molecule has 1 atom stereocenters.